The van der Waals surface area contributed by atoms with Crippen LogP contribution in [0.15, 0.2) is 24.5 Å². The van der Waals surface area contributed by atoms with Crippen LogP contribution in [0.2, 0.25) is 5.02 Å². The number of carbonyl (C=O) groups excluding carboxylic acids is 1. The minimum absolute atomic E-state index is 0.0473. The zero-order valence-corrected chi connectivity index (χ0v) is 14.3. The maximum atomic E-state index is 14.0. The summed E-state index contributed by atoms with van der Waals surface area (Å²) in [7, 11) is 0. The molecule has 1 atom stereocenters. The predicted molar refractivity (Wildman–Crippen MR) is 89.5 cm³/mol. The Morgan fingerprint density at radius 1 is 1.46 bits per heavy atom. The highest BCUT2D eigenvalue weighted by atomic mass is 35.5. The summed E-state index contributed by atoms with van der Waals surface area (Å²) < 4.78 is 16.0. The van der Waals surface area contributed by atoms with Crippen LogP contribution < -0.4 is 0 Å². The lowest BCUT2D eigenvalue weighted by Gasteiger charge is -2.25. The van der Waals surface area contributed by atoms with Gasteiger partial charge < -0.3 is 9.47 Å². The van der Waals surface area contributed by atoms with Gasteiger partial charge in [0.2, 0.25) is 0 Å². The third-order valence-corrected chi connectivity index (χ3v) is 4.77. The van der Waals surface area contributed by atoms with Crippen molar-refractivity contribution in [3.05, 3.63) is 46.8 Å². The summed E-state index contributed by atoms with van der Waals surface area (Å²) >= 11 is 5.91. The van der Waals surface area contributed by atoms with Gasteiger partial charge in [-0.2, -0.15) is 0 Å². The molecular formula is C17H20ClFN4O. The monoisotopic (exact) mass is 350 g/mol. The van der Waals surface area contributed by atoms with E-state index in [2.05, 4.69) is 10.2 Å². The van der Waals surface area contributed by atoms with E-state index in [0.717, 1.165) is 38.1 Å². The number of benzene rings is 1. The van der Waals surface area contributed by atoms with Crippen molar-refractivity contribution in [2.45, 2.75) is 45.2 Å². The lowest BCUT2D eigenvalue weighted by Crippen LogP contribution is -2.36. The number of aryl methyl sites for hydroxylation is 2. The number of hydrogen-bond donors (Lipinski definition) is 0. The van der Waals surface area contributed by atoms with Gasteiger partial charge in [-0.1, -0.05) is 11.6 Å². The Morgan fingerprint density at radius 2 is 2.29 bits per heavy atom. The molecule has 3 rings (SSSR count). The summed E-state index contributed by atoms with van der Waals surface area (Å²) in [6, 6.07) is 4.19. The van der Waals surface area contributed by atoms with Crippen LogP contribution in [0, 0.1) is 5.82 Å². The Kier molecular flexibility index (Phi) is 5.14. The summed E-state index contributed by atoms with van der Waals surface area (Å²) in [6.45, 7) is 3.51. The number of nitrogens with zero attached hydrogens (tertiary/aromatic N) is 4. The Balaban J connectivity index is 1.71. The number of hydrogen-bond acceptors (Lipinski definition) is 3. The molecule has 1 aromatic heterocycles. The molecule has 0 N–H and O–H groups in total. The second-order valence-electron chi connectivity index (χ2n) is 5.99. The van der Waals surface area contributed by atoms with Gasteiger partial charge in [0.15, 0.2) is 0 Å². The molecule has 1 saturated heterocycles. The van der Waals surface area contributed by atoms with Crippen LogP contribution in [-0.4, -0.2) is 38.2 Å². The number of halogens is 2. The number of carbonyl (C=O) groups is 1. The van der Waals surface area contributed by atoms with Crippen LogP contribution in [0.25, 0.3) is 0 Å². The lowest BCUT2D eigenvalue weighted by molar-refractivity contribution is 0.0725. The number of rotatable bonds is 5. The van der Waals surface area contributed by atoms with Gasteiger partial charge in [-0.3, -0.25) is 4.79 Å². The third-order valence-electron chi connectivity index (χ3n) is 4.53. The molecule has 0 aliphatic carbocycles. The quantitative estimate of drug-likeness (QED) is 0.831. The molecule has 0 radical (unpaired) electrons. The van der Waals surface area contributed by atoms with Gasteiger partial charge in [0.1, 0.15) is 18.0 Å². The Morgan fingerprint density at radius 3 is 3.08 bits per heavy atom. The average molecular weight is 351 g/mol. The molecule has 1 amide bonds. The first kappa shape index (κ1) is 16.9. The minimum Gasteiger partial charge on any atom is -0.336 e. The molecule has 24 heavy (non-hydrogen) atoms. The first-order valence-electron chi connectivity index (χ1n) is 8.23. The van der Waals surface area contributed by atoms with Crippen molar-refractivity contribution in [1.82, 2.24) is 19.7 Å². The molecule has 1 aliphatic heterocycles. The van der Waals surface area contributed by atoms with E-state index in [-0.39, 0.29) is 17.5 Å². The Bertz CT molecular complexity index is 733. The summed E-state index contributed by atoms with van der Waals surface area (Å²) in [5.41, 5.74) is 0.0473. The summed E-state index contributed by atoms with van der Waals surface area (Å²) in [5.74, 6) is 0.112. The third kappa shape index (κ3) is 3.43. The normalized spacial score (nSPS) is 17.5. The van der Waals surface area contributed by atoms with E-state index < -0.39 is 5.82 Å². The second kappa shape index (κ2) is 7.30. The van der Waals surface area contributed by atoms with E-state index in [4.69, 9.17) is 11.6 Å². The van der Waals surface area contributed by atoms with Gasteiger partial charge >= 0.3 is 0 Å². The topological polar surface area (TPSA) is 51.0 Å². The standard InChI is InChI=1S/C17H20ClFN4O/c1-2-22-11-20-21-16(22)8-6-13-4-3-9-23(13)17(24)14-10-12(18)5-7-15(14)19/h5,7,10-11,13H,2-4,6,8-9H2,1H3. The van der Waals surface area contributed by atoms with E-state index >= 15 is 0 Å². The molecule has 128 valence electrons. The zero-order valence-electron chi connectivity index (χ0n) is 13.6. The van der Waals surface area contributed by atoms with Crippen molar-refractivity contribution in [1.29, 1.82) is 0 Å². The van der Waals surface area contributed by atoms with E-state index in [1.54, 1.807) is 11.2 Å². The van der Waals surface area contributed by atoms with E-state index in [0.29, 0.717) is 11.6 Å². The molecule has 0 spiro atoms. The van der Waals surface area contributed by atoms with Crippen molar-refractivity contribution in [3.63, 3.8) is 0 Å². The molecule has 5 nitrogen and oxygen atoms in total. The second-order valence-corrected chi connectivity index (χ2v) is 6.43. The molecule has 0 bridgehead atoms. The summed E-state index contributed by atoms with van der Waals surface area (Å²) in [6.07, 6.45) is 5.12. The minimum atomic E-state index is -0.527. The molecule has 7 heteroatoms. The fourth-order valence-electron chi connectivity index (χ4n) is 3.25. The fraction of sp³-hybridized carbons (Fsp3) is 0.471. The maximum absolute atomic E-state index is 14.0. The zero-order chi connectivity index (χ0) is 17.1. The molecule has 2 aromatic rings. The Labute approximate surface area is 145 Å². The lowest BCUT2D eigenvalue weighted by atomic mass is 10.1. The maximum Gasteiger partial charge on any atom is 0.257 e. The largest absolute Gasteiger partial charge is 0.336 e. The van der Waals surface area contributed by atoms with Gasteiger partial charge in [-0.15, -0.1) is 10.2 Å². The highest BCUT2D eigenvalue weighted by Crippen LogP contribution is 2.25. The molecule has 0 saturated carbocycles. The van der Waals surface area contributed by atoms with Gasteiger partial charge in [0, 0.05) is 30.6 Å². The van der Waals surface area contributed by atoms with Crippen LogP contribution in [0.3, 0.4) is 0 Å². The molecular weight excluding hydrogens is 331 g/mol. The number of likely N-dealkylation sites (tertiary alicyclic amines) is 1. The van der Waals surface area contributed by atoms with Crippen molar-refractivity contribution >= 4 is 17.5 Å². The summed E-state index contributed by atoms with van der Waals surface area (Å²) in [5, 5.41) is 8.43. The number of amides is 1. The highest BCUT2D eigenvalue weighted by Gasteiger charge is 2.30. The van der Waals surface area contributed by atoms with E-state index in [9.17, 15) is 9.18 Å². The van der Waals surface area contributed by atoms with Crippen LogP contribution >= 0.6 is 11.6 Å². The van der Waals surface area contributed by atoms with Gasteiger partial charge in [0.05, 0.1) is 5.56 Å². The van der Waals surface area contributed by atoms with Gasteiger partial charge in [0.25, 0.3) is 5.91 Å². The van der Waals surface area contributed by atoms with E-state index in [1.165, 1.54) is 18.2 Å². The summed E-state index contributed by atoms with van der Waals surface area (Å²) in [4.78, 5) is 14.5. The van der Waals surface area contributed by atoms with Gasteiger partial charge in [-0.05, 0) is 44.4 Å². The van der Waals surface area contributed by atoms with Crippen molar-refractivity contribution < 1.29 is 9.18 Å². The SMILES string of the molecule is CCn1cnnc1CCC1CCCN1C(=O)c1cc(Cl)ccc1F. The molecule has 1 aromatic carbocycles. The molecule has 1 fully saturated rings. The number of aromatic nitrogens is 3. The van der Waals surface area contributed by atoms with Crippen LogP contribution in [0.5, 0.6) is 0 Å². The average Bonchev–Trinajstić information content (AvgIpc) is 3.22. The fourth-order valence-corrected chi connectivity index (χ4v) is 3.42. The Hall–Kier alpha value is -1.95. The van der Waals surface area contributed by atoms with Gasteiger partial charge in [-0.25, -0.2) is 4.39 Å². The first-order chi connectivity index (χ1) is 11.6. The predicted octanol–water partition coefficient (Wildman–Crippen LogP) is 3.33. The van der Waals surface area contributed by atoms with Crippen LogP contribution in [0.4, 0.5) is 4.39 Å². The molecule has 1 aliphatic rings. The highest BCUT2D eigenvalue weighted by molar-refractivity contribution is 6.31. The van der Waals surface area contributed by atoms with Crippen molar-refractivity contribution in [3.8, 4) is 0 Å². The van der Waals surface area contributed by atoms with Crippen molar-refractivity contribution in [2.24, 2.45) is 0 Å². The van der Waals surface area contributed by atoms with Crippen LogP contribution in [-0.2, 0) is 13.0 Å². The van der Waals surface area contributed by atoms with Crippen LogP contribution in [0.1, 0.15) is 42.4 Å². The smallest absolute Gasteiger partial charge is 0.257 e. The molecule has 1 unspecified atom stereocenters. The van der Waals surface area contributed by atoms with Crippen molar-refractivity contribution in [2.75, 3.05) is 6.54 Å². The van der Waals surface area contributed by atoms with E-state index in [1.807, 2.05) is 11.5 Å². The first-order valence-corrected chi connectivity index (χ1v) is 8.60. The molecule has 2 heterocycles.